The largest absolute Gasteiger partial charge is 0.469 e. The summed E-state index contributed by atoms with van der Waals surface area (Å²) in [6.45, 7) is 7.77. The summed E-state index contributed by atoms with van der Waals surface area (Å²) in [4.78, 5) is 10.8. The van der Waals surface area contributed by atoms with Crippen LogP contribution in [0.3, 0.4) is 0 Å². The van der Waals surface area contributed by atoms with Crippen molar-refractivity contribution in [3.8, 4) is 0 Å². The highest BCUT2D eigenvalue weighted by molar-refractivity contribution is 7.80. The number of rotatable bonds is 17. The van der Waals surface area contributed by atoms with Crippen molar-refractivity contribution >= 4 is 23.3 Å². The quantitative estimate of drug-likeness (QED) is 0.165. The number of methoxy groups -OCH3 is 1. The van der Waals surface area contributed by atoms with Crippen LogP contribution in [0.2, 0.25) is 0 Å². The lowest BCUT2D eigenvalue weighted by Gasteiger charge is -2.15. The predicted octanol–water partition coefficient (Wildman–Crippen LogP) is -0.560. The molecule has 0 aromatic heterocycles. The number of hydrogen-bond acceptors (Lipinski definition) is 8. The molecule has 0 bridgehead atoms. The molecule has 3 N–H and O–H groups in total. The van der Waals surface area contributed by atoms with Gasteiger partial charge in [0.2, 0.25) is 0 Å². The topological polar surface area (TPSA) is 99.3 Å². The molecule has 0 radical (unpaired) electrons. The Morgan fingerprint density at radius 3 is 2.04 bits per heavy atom. The minimum atomic E-state index is -0.273. The van der Waals surface area contributed by atoms with Gasteiger partial charge in [0.15, 0.2) is 5.11 Å². The maximum absolute atomic E-state index is 10.8. The molecule has 0 saturated carbocycles. The Kier molecular flexibility index (Phi) is 14.2. The number of nitrogens with one attached hydrogen (secondary N) is 3. The van der Waals surface area contributed by atoms with Gasteiger partial charge in [-0.05, 0) is 19.1 Å². The highest BCUT2D eigenvalue weighted by Crippen LogP contribution is 1.99. The van der Waals surface area contributed by atoms with E-state index in [0.717, 1.165) is 18.2 Å². The van der Waals surface area contributed by atoms with Crippen LogP contribution in [0.25, 0.3) is 0 Å². The smallest absolute Gasteiger partial charge is 0.307 e. The van der Waals surface area contributed by atoms with Gasteiger partial charge in [-0.25, -0.2) is 0 Å². The van der Waals surface area contributed by atoms with Crippen LogP contribution in [0.5, 0.6) is 0 Å². The first kappa shape index (κ1) is 24.0. The Morgan fingerprint density at radius 2 is 1.52 bits per heavy atom. The van der Waals surface area contributed by atoms with Crippen molar-refractivity contribution in [3.63, 3.8) is 0 Å². The molecule has 10 heteroatoms. The maximum Gasteiger partial charge on any atom is 0.307 e. The second kappa shape index (κ2) is 16.0. The van der Waals surface area contributed by atoms with Gasteiger partial charge in [0.05, 0.1) is 72.4 Å². The molecule has 0 aromatic rings. The van der Waals surface area contributed by atoms with Crippen molar-refractivity contribution in [2.24, 2.45) is 0 Å². The molecule has 9 nitrogen and oxygen atoms in total. The second-order valence-corrected chi connectivity index (χ2v) is 6.40. The molecular weight excluding hydrogens is 374 g/mol. The zero-order valence-electron chi connectivity index (χ0n) is 16.3. The third-order valence-corrected chi connectivity index (χ3v) is 4.10. The first-order valence-electron chi connectivity index (χ1n) is 9.29. The van der Waals surface area contributed by atoms with Crippen LogP contribution in [0.1, 0.15) is 13.3 Å². The highest BCUT2D eigenvalue weighted by atomic mass is 32.1. The Morgan fingerprint density at radius 1 is 0.963 bits per heavy atom. The van der Waals surface area contributed by atoms with Gasteiger partial charge in [-0.2, -0.15) is 0 Å². The molecule has 1 aliphatic heterocycles. The Hall–Kier alpha value is -1.04. The summed E-state index contributed by atoms with van der Waals surface area (Å²) >= 11 is 5.08. The van der Waals surface area contributed by atoms with Gasteiger partial charge in [-0.1, -0.05) is 0 Å². The van der Waals surface area contributed by atoms with Crippen molar-refractivity contribution in [2.75, 3.05) is 73.1 Å². The minimum absolute atomic E-state index is 0.261. The third-order valence-electron chi connectivity index (χ3n) is 3.86. The Bertz CT molecular complexity index is 416. The lowest BCUT2D eigenvalue weighted by molar-refractivity contribution is -0.141. The fourth-order valence-corrected chi connectivity index (χ4v) is 2.63. The number of thiocarbonyl (C=S) groups is 1. The monoisotopic (exact) mass is 407 g/mol. The van der Waals surface area contributed by atoms with Gasteiger partial charge in [0.1, 0.15) is 0 Å². The SMILES string of the molecule is COC(=O)CCOCCOCCOCCOCCNC[C@H]1NC(=S)N[C@H]1C. The van der Waals surface area contributed by atoms with E-state index in [2.05, 4.69) is 27.6 Å². The third kappa shape index (κ3) is 12.9. The predicted molar refractivity (Wildman–Crippen MR) is 105 cm³/mol. The second-order valence-electron chi connectivity index (χ2n) is 5.99. The summed E-state index contributed by atoms with van der Waals surface area (Å²) in [5, 5.41) is 10.5. The lowest BCUT2D eigenvalue weighted by Crippen LogP contribution is -2.41. The van der Waals surface area contributed by atoms with E-state index in [9.17, 15) is 4.79 Å². The first-order valence-corrected chi connectivity index (χ1v) is 9.70. The van der Waals surface area contributed by atoms with Crippen molar-refractivity contribution < 1.29 is 28.5 Å². The number of carbonyl (C=O) groups is 1. The molecule has 1 fully saturated rings. The molecule has 2 atom stereocenters. The molecule has 0 amide bonds. The average Bonchev–Trinajstić information content (AvgIpc) is 2.98. The van der Waals surface area contributed by atoms with Gasteiger partial charge in [-0.15, -0.1) is 0 Å². The van der Waals surface area contributed by atoms with Crippen molar-refractivity contribution in [3.05, 3.63) is 0 Å². The van der Waals surface area contributed by atoms with Crippen LogP contribution >= 0.6 is 12.2 Å². The van der Waals surface area contributed by atoms with Crippen LogP contribution in [-0.2, 0) is 28.5 Å². The Balaban J connectivity index is 1.72. The zero-order valence-corrected chi connectivity index (χ0v) is 17.1. The van der Waals surface area contributed by atoms with E-state index in [1.165, 1.54) is 7.11 Å². The average molecular weight is 408 g/mol. The van der Waals surface area contributed by atoms with E-state index >= 15 is 0 Å². The molecule has 1 saturated heterocycles. The molecular formula is C17H33N3O6S. The van der Waals surface area contributed by atoms with Crippen LogP contribution in [0, 0.1) is 0 Å². The van der Waals surface area contributed by atoms with Gasteiger partial charge in [-0.3, -0.25) is 4.79 Å². The van der Waals surface area contributed by atoms with Gasteiger partial charge in [0.25, 0.3) is 0 Å². The maximum atomic E-state index is 10.8. The molecule has 0 aromatic carbocycles. The standard InChI is InChI=1S/C17H33N3O6S/c1-14-15(20-17(27)19-14)13-18-4-6-24-8-10-26-12-11-25-9-7-23-5-3-16(21)22-2/h14-15,18H,3-13H2,1-2H3,(H2,19,20,27)/t14-,15+/m0/s1. The Labute approximate surface area is 166 Å². The van der Waals surface area contributed by atoms with Crippen molar-refractivity contribution in [1.29, 1.82) is 0 Å². The fraction of sp³-hybridized carbons (Fsp3) is 0.882. The number of esters is 1. The molecule has 0 aliphatic carbocycles. The minimum Gasteiger partial charge on any atom is -0.469 e. The fourth-order valence-electron chi connectivity index (χ4n) is 2.29. The van der Waals surface area contributed by atoms with E-state index in [-0.39, 0.29) is 12.4 Å². The molecule has 0 spiro atoms. The van der Waals surface area contributed by atoms with E-state index < -0.39 is 0 Å². The summed E-state index contributed by atoms with van der Waals surface area (Å²) in [6, 6.07) is 0.659. The first-order chi connectivity index (χ1) is 13.1. The summed E-state index contributed by atoms with van der Waals surface area (Å²) in [6.07, 6.45) is 0.261. The zero-order chi connectivity index (χ0) is 19.7. The number of ether oxygens (including phenoxy) is 5. The molecule has 27 heavy (non-hydrogen) atoms. The van der Waals surface area contributed by atoms with E-state index in [1.807, 2.05) is 0 Å². The van der Waals surface area contributed by atoms with E-state index in [1.54, 1.807) is 0 Å². The van der Waals surface area contributed by atoms with Crippen LogP contribution in [0.4, 0.5) is 0 Å². The number of hydrogen-bond donors (Lipinski definition) is 3. The van der Waals surface area contributed by atoms with Crippen molar-refractivity contribution in [2.45, 2.75) is 25.4 Å². The molecule has 1 rings (SSSR count). The van der Waals surface area contributed by atoms with Gasteiger partial charge in [0, 0.05) is 19.1 Å². The molecule has 0 unspecified atom stereocenters. The highest BCUT2D eigenvalue weighted by Gasteiger charge is 2.24. The molecule has 1 heterocycles. The molecule has 158 valence electrons. The summed E-state index contributed by atoms with van der Waals surface area (Å²) in [5.41, 5.74) is 0. The molecule has 1 aliphatic rings. The van der Waals surface area contributed by atoms with Crippen LogP contribution in [-0.4, -0.2) is 96.2 Å². The summed E-state index contributed by atoms with van der Waals surface area (Å²) in [7, 11) is 1.36. The normalized spacial score (nSPS) is 19.0. The van der Waals surface area contributed by atoms with Gasteiger partial charge >= 0.3 is 5.97 Å². The van der Waals surface area contributed by atoms with E-state index in [4.69, 9.17) is 31.2 Å². The van der Waals surface area contributed by atoms with E-state index in [0.29, 0.717) is 64.9 Å². The lowest BCUT2D eigenvalue weighted by atomic mass is 10.2. The van der Waals surface area contributed by atoms with Crippen molar-refractivity contribution in [1.82, 2.24) is 16.0 Å². The summed E-state index contributed by atoms with van der Waals surface area (Å²) < 4.78 is 26.0. The van der Waals surface area contributed by atoms with Crippen LogP contribution in [0.15, 0.2) is 0 Å². The summed E-state index contributed by atoms with van der Waals surface area (Å²) in [5.74, 6) is -0.273. The van der Waals surface area contributed by atoms with Gasteiger partial charge < -0.3 is 39.6 Å². The number of carbonyl (C=O) groups excluding carboxylic acids is 1. The van der Waals surface area contributed by atoms with Crippen LogP contribution < -0.4 is 16.0 Å².